The Hall–Kier alpha value is -1.60. The zero-order chi connectivity index (χ0) is 34.1. The van der Waals surface area contributed by atoms with E-state index in [1.165, 1.54) is 228 Å². The Labute approximate surface area is 301 Å². The summed E-state index contributed by atoms with van der Waals surface area (Å²) in [7, 11) is 0. The maximum absolute atomic E-state index is 2.37. The van der Waals surface area contributed by atoms with Crippen LogP contribution in [0.25, 0.3) is 0 Å². The van der Waals surface area contributed by atoms with Gasteiger partial charge in [-0.25, -0.2) is 0 Å². The molecule has 0 aliphatic rings. The minimum absolute atomic E-state index is 1.17. The van der Waals surface area contributed by atoms with Gasteiger partial charge in [0.2, 0.25) is 0 Å². The molecule has 0 radical (unpaired) electrons. The molecular weight excluding hydrogens is 579 g/mol. The van der Waals surface area contributed by atoms with E-state index in [0.717, 1.165) is 0 Å². The number of rotatable bonds is 35. The molecule has 0 aromatic heterocycles. The van der Waals surface area contributed by atoms with E-state index in [1.807, 2.05) is 0 Å². The fourth-order valence-corrected chi connectivity index (χ4v) is 7.89. The van der Waals surface area contributed by atoms with Gasteiger partial charge in [-0.15, -0.1) is 0 Å². The molecule has 0 saturated heterocycles. The van der Waals surface area contributed by atoms with Gasteiger partial charge < -0.3 is 4.48 Å². The van der Waals surface area contributed by atoms with E-state index in [1.54, 1.807) is 0 Å². The first kappa shape index (κ1) is 42.6. The lowest BCUT2D eigenvalue weighted by Gasteiger charge is -2.39. The van der Waals surface area contributed by atoms with E-state index in [9.17, 15) is 0 Å². The van der Waals surface area contributed by atoms with Crippen LogP contribution >= 0.6 is 0 Å². The van der Waals surface area contributed by atoms with Crippen LogP contribution in [-0.2, 0) is 13.1 Å². The highest BCUT2D eigenvalue weighted by molar-refractivity contribution is 5.15. The number of hydrogen-bond acceptors (Lipinski definition) is 0. The quantitative estimate of drug-likeness (QED) is 0.0510. The summed E-state index contributed by atoms with van der Waals surface area (Å²) in [4.78, 5) is 0. The molecule has 0 heterocycles. The van der Waals surface area contributed by atoms with Crippen LogP contribution in [0.4, 0.5) is 0 Å². The molecule has 2 aromatic carbocycles. The summed E-state index contributed by atoms with van der Waals surface area (Å²) in [6.07, 6.45) is 41.7. The monoisotopic (exact) mass is 661 g/mol. The lowest BCUT2D eigenvalue weighted by molar-refractivity contribution is -0.954. The van der Waals surface area contributed by atoms with Crippen molar-refractivity contribution in [1.82, 2.24) is 0 Å². The van der Waals surface area contributed by atoms with Gasteiger partial charge in [-0.2, -0.15) is 0 Å². The van der Waals surface area contributed by atoms with Crippen molar-refractivity contribution in [2.24, 2.45) is 0 Å². The Morgan fingerprint density at radius 2 is 0.521 bits per heavy atom. The van der Waals surface area contributed by atoms with E-state index < -0.39 is 0 Å². The van der Waals surface area contributed by atoms with Gasteiger partial charge in [0, 0.05) is 11.1 Å². The third kappa shape index (κ3) is 23.7. The van der Waals surface area contributed by atoms with Crippen molar-refractivity contribution in [3.8, 4) is 0 Å². The van der Waals surface area contributed by atoms with Crippen molar-refractivity contribution in [2.75, 3.05) is 13.1 Å². The van der Waals surface area contributed by atoms with E-state index in [0.29, 0.717) is 0 Å². The van der Waals surface area contributed by atoms with Gasteiger partial charge in [0.15, 0.2) is 0 Å². The average Bonchev–Trinajstić information content (AvgIpc) is 3.11. The Balaban J connectivity index is 1.72. The summed E-state index contributed by atoms with van der Waals surface area (Å²) in [6.45, 7) is 9.61. The topological polar surface area (TPSA) is 0 Å². The minimum atomic E-state index is 1.17. The number of hydrogen-bond donors (Lipinski definition) is 0. The highest BCUT2D eigenvalue weighted by Gasteiger charge is 2.27. The predicted octanol–water partition coefficient (Wildman–Crippen LogP) is 15.6. The molecule has 0 aliphatic carbocycles. The van der Waals surface area contributed by atoms with Gasteiger partial charge in [0.05, 0.1) is 13.1 Å². The van der Waals surface area contributed by atoms with Crippen LogP contribution in [0.2, 0.25) is 0 Å². The molecule has 1 nitrogen and oxygen atoms in total. The molecule has 2 rings (SSSR count). The number of quaternary nitrogens is 1. The molecule has 1 heteroatoms. The van der Waals surface area contributed by atoms with Gasteiger partial charge in [0.1, 0.15) is 13.1 Å². The second kappa shape index (κ2) is 31.4. The zero-order valence-electron chi connectivity index (χ0n) is 32.6. The second-order valence-electron chi connectivity index (χ2n) is 15.6. The SMILES string of the molecule is CCCCCCCCCCCCCCCCC[N+](CCCCCCCCCCCCCCCC)(Cc1ccccc1)Cc1ccccc1. The van der Waals surface area contributed by atoms with Crippen LogP contribution in [0.1, 0.15) is 211 Å². The first-order valence-corrected chi connectivity index (χ1v) is 21.7. The fraction of sp³-hybridized carbons (Fsp3) is 0.745. The van der Waals surface area contributed by atoms with Crippen LogP contribution in [0.5, 0.6) is 0 Å². The summed E-state index contributed by atoms with van der Waals surface area (Å²) in [5.41, 5.74) is 3.03. The Bertz CT molecular complexity index is 864. The van der Waals surface area contributed by atoms with Gasteiger partial charge in [0.25, 0.3) is 0 Å². The summed E-state index contributed by atoms with van der Waals surface area (Å²) in [5.74, 6) is 0. The lowest BCUT2D eigenvalue weighted by atomic mass is 10.0. The molecule has 0 N–H and O–H groups in total. The predicted molar refractivity (Wildman–Crippen MR) is 216 cm³/mol. The minimum Gasteiger partial charge on any atom is -0.316 e. The number of nitrogens with zero attached hydrogens (tertiary/aromatic N) is 1. The average molecular weight is 661 g/mol. The van der Waals surface area contributed by atoms with Crippen molar-refractivity contribution in [3.63, 3.8) is 0 Å². The molecule has 0 aliphatic heterocycles. The third-order valence-corrected chi connectivity index (χ3v) is 10.9. The smallest absolute Gasteiger partial charge is 0.105 e. The Kier molecular flexibility index (Phi) is 27.8. The van der Waals surface area contributed by atoms with Crippen molar-refractivity contribution in [2.45, 2.75) is 213 Å². The first-order valence-electron chi connectivity index (χ1n) is 21.7. The molecule has 2 aromatic rings. The molecule has 0 spiro atoms. The molecule has 0 bridgehead atoms. The van der Waals surface area contributed by atoms with Gasteiger partial charge in [-0.1, -0.05) is 235 Å². The summed E-state index contributed by atoms with van der Waals surface area (Å²) >= 11 is 0. The van der Waals surface area contributed by atoms with Crippen molar-refractivity contribution < 1.29 is 4.48 Å². The maximum atomic E-state index is 2.37. The van der Waals surface area contributed by atoms with Gasteiger partial charge in [-0.3, -0.25) is 0 Å². The first-order chi connectivity index (χ1) is 23.8. The third-order valence-electron chi connectivity index (χ3n) is 10.9. The fourth-order valence-electron chi connectivity index (χ4n) is 7.89. The number of benzene rings is 2. The van der Waals surface area contributed by atoms with Gasteiger partial charge >= 0.3 is 0 Å². The number of unbranched alkanes of at least 4 members (excludes halogenated alkanes) is 27. The lowest BCUT2D eigenvalue weighted by Crippen LogP contribution is -2.48. The van der Waals surface area contributed by atoms with E-state index >= 15 is 0 Å². The van der Waals surface area contributed by atoms with Crippen molar-refractivity contribution >= 4 is 0 Å². The van der Waals surface area contributed by atoms with Crippen LogP contribution in [0.15, 0.2) is 60.7 Å². The van der Waals surface area contributed by atoms with Crippen LogP contribution in [0, 0.1) is 0 Å². The summed E-state index contributed by atoms with van der Waals surface area (Å²) < 4.78 is 1.23. The highest BCUT2D eigenvalue weighted by Crippen LogP contribution is 2.24. The second-order valence-corrected chi connectivity index (χ2v) is 15.6. The van der Waals surface area contributed by atoms with Crippen LogP contribution in [0.3, 0.4) is 0 Å². The van der Waals surface area contributed by atoms with Crippen molar-refractivity contribution in [3.05, 3.63) is 71.8 Å². The Morgan fingerprint density at radius 3 is 0.771 bits per heavy atom. The Morgan fingerprint density at radius 1 is 0.292 bits per heavy atom. The standard InChI is InChI=1S/C47H82N/c1-3-5-7-9-11-13-15-17-19-21-23-25-27-29-37-43-48(44-46-38-32-30-33-39-46,45-47-40-34-31-35-41-47)42-36-28-26-24-22-20-18-16-14-12-10-8-6-4-2/h30-35,38-41H,3-29,36-37,42-45H2,1-2H3/q+1. The molecule has 0 fully saturated rings. The maximum Gasteiger partial charge on any atom is 0.105 e. The summed E-state index contributed by atoms with van der Waals surface area (Å²) in [6, 6.07) is 22.8. The van der Waals surface area contributed by atoms with Crippen LogP contribution in [-0.4, -0.2) is 17.6 Å². The molecule has 48 heavy (non-hydrogen) atoms. The zero-order valence-corrected chi connectivity index (χ0v) is 32.6. The normalized spacial score (nSPS) is 11.8. The highest BCUT2D eigenvalue weighted by atomic mass is 15.3. The van der Waals surface area contributed by atoms with E-state index in [2.05, 4.69) is 74.5 Å². The van der Waals surface area contributed by atoms with Crippen molar-refractivity contribution in [1.29, 1.82) is 0 Å². The molecular formula is C47H82N+. The van der Waals surface area contributed by atoms with Crippen LogP contribution < -0.4 is 0 Å². The van der Waals surface area contributed by atoms with E-state index in [-0.39, 0.29) is 0 Å². The molecule has 0 atom stereocenters. The van der Waals surface area contributed by atoms with E-state index in [4.69, 9.17) is 0 Å². The molecule has 0 amide bonds. The molecule has 0 saturated carbocycles. The van der Waals surface area contributed by atoms with Gasteiger partial charge in [-0.05, 0) is 25.7 Å². The summed E-state index contributed by atoms with van der Waals surface area (Å²) in [5, 5.41) is 0. The largest absolute Gasteiger partial charge is 0.316 e. The molecule has 0 unspecified atom stereocenters. The molecule has 274 valence electrons.